The van der Waals surface area contributed by atoms with Gasteiger partial charge in [0, 0.05) is 6.92 Å². The fourth-order valence-electron chi connectivity index (χ4n) is 0.940. The molecule has 0 aliphatic heterocycles. The summed E-state index contributed by atoms with van der Waals surface area (Å²) in [6, 6.07) is -0.720. The highest BCUT2D eigenvalue weighted by atomic mass is 16.5. The molecular weight excluding hydrogens is 216 g/mol. The van der Waals surface area contributed by atoms with E-state index in [2.05, 4.69) is 15.4 Å². The monoisotopic (exact) mass is 232 g/mol. The largest absolute Gasteiger partial charge is 0.467 e. The van der Waals surface area contributed by atoms with E-state index in [1.54, 1.807) is 0 Å². The molecule has 0 bridgehead atoms. The normalized spacial score (nSPS) is 13.5. The molecule has 0 heterocycles. The maximum absolute atomic E-state index is 11.3. The first kappa shape index (κ1) is 14.4. The lowest BCUT2D eigenvalue weighted by atomic mass is 10.3. The van der Waals surface area contributed by atoms with Crippen molar-refractivity contribution in [3.63, 3.8) is 0 Å². The maximum atomic E-state index is 11.3. The Bertz CT molecular complexity index is 279. The number of nitrogens with one attached hydrogen (secondary N) is 2. The molecule has 0 aliphatic rings. The van der Waals surface area contributed by atoms with Crippen molar-refractivity contribution in [1.82, 2.24) is 10.6 Å². The summed E-state index contributed by atoms with van der Waals surface area (Å²) in [6.45, 7) is 2.52. The van der Waals surface area contributed by atoms with Gasteiger partial charge in [-0.3, -0.25) is 9.59 Å². The first-order valence-corrected chi connectivity index (χ1v) is 4.69. The number of amides is 2. The smallest absolute Gasteiger partial charge is 0.336 e. The number of hydrogen-bond acceptors (Lipinski definition) is 5. The highest BCUT2D eigenvalue weighted by Gasteiger charge is 2.18. The van der Waals surface area contributed by atoms with Crippen LogP contribution >= 0.6 is 0 Å². The average Bonchev–Trinajstić information content (AvgIpc) is 2.23. The Morgan fingerprint density at radius 2 is 1.94 bits per heavy atom. The van der Waals surface area contributed by atoms with Crippen LogP contribution in [0.25, 0.3) is 0 Å². The van der Waals surface area contributed by atoms with E-state index in [1.165, 1.54) is 13.8 Å². The topological polar surface area (TPSA) is 105 Å². The molecule has 2 atom stereocenters. The highest BCUT2D eigenvalue weighted by molar-refractivity contribution is 5.86. The molecule has 0 aromatic heterocycles. The molecule has 0 aliphatic carbocycles. The SMILES string of the molecule is COC(=O)C(O)CNC(=O)C(C)NC(C)=O. The van der Waals surface area contributed by atoms with E-state index in [-0.39, 0.29) is 12.5 Å². The minimum absolute atomic E-state index is 0.255. The number of aliphatic hydroxyl groups excluding tert-OH is 1. The maximum Gasteiger partial charge on any atom is 0.336 e. The molecule has 0 rings (SSSR count). The van der Waals surface area contributed by atoms with E-state index in [9.17, 15) is 14.4 Å². The third-order valence-electron chi connectivity index (χ3n) is 1.76. The minimum atomic E-state index is -1.40. The van der Waals surface area contributed by atoms with Crippen molar-refractivity contribution in [1.29, 1.82) is 0 Å². The number of esters is 1. The van der Waals surface area contributed by atoms with Crippen molar-refractivity contribution < 1.29 is 24.2 Å². The summed E-state index contributed by atoms with van der Waals surface area (Å²) in [5, 5.41) is 13.8. The van der Waals surface area contributed by atoms with Gasteiger partial charge in [0.1, 0.15) is 6.04 Å². The van der Waals surface area contributed by atoms with Crippen LogP contribution in [-0.4, -0.2) is 48.7 Å². The lowest BCUT2D eigenvalue weighted by Crippen LogP contribution is -2.47. The van der Waals surface area contributed by atoms with Crippen LogP contribution in [0.3, 0.4) is 0 Å². The number of carbonyl (C=O) groups is 3. The van der Waals surface area contributed by atoms with Gasteiger partial charge >= 0.3 is 5.97 Å². The van der Waals surface area contributed by atoms with Gasteiger partial charge < -0.3 is 20.5 Å². The summed E-state index contributed by atoms with van der Waals surface area (Å²) in [6.07, 6.45) is -1.40. The van der Waals surface area contributed by atoms with Crippen LogP contribution in [0.2, 0.25) is 0 Å². The Kier molecular flexibility index (Phi) is 6.09. The number of methoxy groups -OCH3 is 1. The fourth-order valence-corrected chi connectivity index (χ4v) is 0.940. The molecule has 0 aromatic rings. The van der Waals surface area contributed by atoms with Gasteiger partial charge in [0.25, 0.3) is 0 Å². The molecule has 2 amide bonds. The van der Waals surface area contributed by atoms with E-state index >= 15 is 0 Å². The minimum Gasteiger partial charge on any atom is -0.467 e. The summed E-state index contributed by atoms with van der Waals surface area (Å²) in [7, 11) is 1.13. The summed E-state index contributed by atoms with van der Waals surface area (Å²) < 4.78 is 4.26. The van der Waals surface area contributed by atoms with Crippen LogP contribution in [0.1, 0.15) is 13.8 Å². The predicted molar refractivity (Wildman–Crippen MR) is 54.3 cm³/mol. The van der Waals surface area contributed by atoms with Crippen molar-refractivity contribution in [2.45, 2.75) is 26.0 Å². The predicted octanol–water partition coefficient (Wildman–Crippen LogP) is -1.84. The second-order valence-corrected chi connectivity index (χ2v) is 3.21. The first-order chi connectivity index (χ1) is 7.38. The van der Waals surface area contributed by atoms with Crippen molar-refractivity contribution in [3.8, 4) is 0 Å². The second kappa shape index (κ2) is 6.78. The summed E-state index contributed by atoms with van der Waals surface area (Å²) >= 11 is 0. The Labute approximate surface area is 93.2 Å². The third-order valence-corrected chi connectivity index (χ3v) is 1.76. The van der Waals surface area contributed by atoms with E-state index in [0.717, 1.165) is 7.11 Å². The molecular formula is C9H16N2O5. The van der Waals surface area contributed by atoms with E-state index in [1.807, 2.05) is 0 Å². The van der Waals surface area contributed by atoms with Crippen molar-refractivity contribution in [2.24, 2.45) is 0 Å². The number of hydrogen-bond donors (Lipinski definition) is 3. The van der Waals surface area contributed by atoms with Gasteiger partial charge in [0.05, 0.1) is 13.7 Å². The fraction of sp³-hybridized carbons (Fsp3) is 0.667. The Morgan fingerprint density at radius 3 is 2.38 bits per heavy atom. The number of aliphatic hydroxyl groups is 1. The van der Waals surface area contributed by atoms with Crippen LogP contribution in [0, 0.1) is 0 Å². The number of carbonyl (C=O) groups excluding carboxylic acids is 3. The third kappa shape index (κ3) is 5.30. The van der Waals surface area contributed by atoms with Gasteiger partial charge in [-0.05, 0) is 6.92 Å². The standard InChI is InChI=1S/C9H16N2O5/c1-5(11-6(2)12)8(14)10-4-7(13)9(15)16-3/h5,7,13H,4H2,1-3H3,(H,10,14)(H,11,12). The van der Waals surface area contributed by atoms with Gasteiger partial charge in [-0.2, -0.15) is 0 Å². The first-order valence-electron chi connectivity index (χ1n) is 4.69. The van der Waals surface area contributed by atoms with Crippen LogP contribution in [0.5, 0.6) is 0 Å². The Hall–Kier alpha value is -1.63. The summed E-state index contributed by atoms with van der Waals surface area (Å²) in [5.74, 6) is -1.65. The van der Waals surface area contributed by atoms with E-state index < -0.39 is 24.0 Å². The molecule has 0 fully saturated rings. The molecule has 92 valence electrons. The van der Waals surface area contributed by atoms with Crippen LogP contribution in [0.15, 0.2) is 0 Å². The molecule has 0 aromatic carbocycles. The van der Waals surface area contributed by atoms with E-state index in [4.69, 9.17) is 5.11 Å². The molecule has 0 radical (unpaired) electrons. The van der Waals surface area contributed by atoms with Crippen LogP contribution in [0.4, 0.5) is 0 Å². The van der Waals surface area contributed by atoms with Gasteiger partial charge in [-0.1, -0.05) is 0 Å². The molecule has 0 saturated heterocycles. The van der Waals surface area contributed by atoms with Crippen LogP contribution < -0.4 is 10.6 Å². The van der Waals surface area contributed by atoms with Gasteiger partial charge in [-0.15, -0.1) is 0 Å². The van der Waals surface area contributed by atoms with E-state index in [0.29, 0.717) is 0 Å². The molecule has 7 heteroatoms. The Balaban J connectivity index is 3.97. The zero-order valence-corrected chi connectivity index (χ0v) is 9.44. The van der Waals surface area contributed by atoms with Crippen molar-refractivity contribution >= 4 is 17.8 Å². The van der Waals surface area contributed by atoms with Gasteiger partial charge in [0.15, 0.2) is 6.10 Å². The molecule has 3 N–H and O–H groups in total. The van der Waals surface area contributed by atoms with Crippen LogP contribution in [-0.2, 0) is 19.1 Å². The number of ether oxygens (including phenoxy) is 1. The van der Waals surface area contributed by atoms with Gasteiger partial charge in [-0.25, -0.2) is 4.79 Å². The second-order valence-electron chi connectivity index (χ2n) is 3.21. The van der Waals surface area contributed by atoms with Crippen molar-refractivity contribution in [2.75, 3.05) is 13.7 Å². The Morgan fingerprint density at radius 1 is 1.38 bits per heavy atom. The molecule has 2 unspecified atom stereocenters. The average molecular weight is 232 g/mol. The highest BCUT2D eigenvalue weighted by Crippen LogP contribution is 1.87. The lowest BCUT2D eigenvalue weighted by Gasteiger charge is -2.14. The zero-order chi connectivity index (χ0) is 12.7. The zero-order valence-electron chi connectivity index (χ0n) is 9.44. The van der Waals surface area contributed by atoms with Gasteiger partial charge in [0.2, 0.25) is 11.8 Å². The molecule has 7 nitrogen and oxygen atoms in total. The summed E-state index contributed by atoms with van der Waals surface area (Å²) in [5.41, 5.74) is 0. The van der Waals surface area contributed by atoms with Crippen molar-refractivity contribution in [3.05, 3.63) is 0 Å². The number of rotatable bonds is 5. The lowest BCUT2D eigenvalue weighted by molar-refractivity contribution is -0.150. The molecule has 16 heavy (non-hydrogen) atoms. The summed E-state index contributed by atoms with van der Waals surface area (Å²) in [4.78, 5) is 32.7. The molecule has 0 spiro atoms. The molecule has 0 saturated carbocycles. The quantitative estimate of drug-likeness (QED) is 0.483.